The molecular formula is C18H21ClN2O2. The molecule has 2 atom stereocenters. The molecule has 0 saturated carbocycles. The third kappa shape index (κ3) is 3.08. The highest BCUT2D eigenvalue weighted by atomic mass is 35.5. The monoisotopic (exact) mass is 332 g/mol. The number of carbonyl (C=O) groups is 1. The molecule has 2 N–H and O–H groups in total. The van der Waals surface area contributed by atoms with E-state index in [2.05, 4.69) is 13.8 Å². The Bertz CT molecular complexity index is 716. The number of piperidine rings is 1. The summed E-state index contributed by atoms with van der Waals surface area (Å²) in [6.07, 6.45) is 3.24. The number of rotatable bonds is 2. The van der Waals surface area contributed by atoms with Gasteiger partial charge in [-0.2, -0.15) is 0 Å². The van der Waals surface area contributed by atoms with Crippen molar-refractivity contribution in [2.24, 2.45) is 0 Å². The summed E-state index contributed by atoms with van der Waals surface area (Å²) in [7, 11) is 0. The van der Waals surface area contributed by atoms with E-state index in [-0.39, 0.29) is 18.0 Å². The summed E-state index contributed by atoms with van der Waals surface area (Å²) in [5, 5.41) is 0.507. The molecule has 122 valence electrons. The Morgan fingerprint density at radius 2 is 1.91 bits per heavy atom. The largest absolute Gasteiger partial charge is 0.451 e. The van der Waals surface area contributed by atoms with Gasteiger partial charge in [-0.25, -0.2) is 0 Å². The predicted octanol–water partition coefficient (Wildman–Crippen LogP) is 4.59. The maximum absolute atomic E-state index is 12.8. The average Bonchev–Trinajstić information content (AvgIpc) is 2.99. The van der Waals surface area contributed by atoms with Crippen molar-refractivity contribution in [3.63, 3.8) is 0 Å². The van der Waals surface area contributed by atoms with Crippen LogP contribution in [-0.2, 0) is 0 Å². The van der Waals surface area contributed by atoms with Gasteiger partial charge in [0.2, 0.25) is 0 Å². The fourth-order valence-electron chi connectivity index (χ4n) is 3.25. The first-order valence-corrected chi connectivity index (χ1v) is 8.33. The Hall–Kier alpha value is -1.94. The van der Waals surface area contributed by atoms with Gasteiger partial charge in [-0.15, -0.1) is 0 Å². The second-order valence-corrected chi connectivity index (χ2v) is 6.65. The lowest BCUT2D eigenvalue weighted by Gasteiger charge is -2.38. The van der Waals surface area contributed by atoms with Crippen LogP contribution in [0, 0.1) is 0 Å². The standard InChI is InChI=1S/C18H21ClN2O2/c1-11-4-3-5-12(2)21(11)18(22)17-9-8-16(23-17)13-6-7-14(19)15(20)10-13/h6-12H,3-5,20H2,1-2H3/t11-,12+. The lowest BCUT2D eigenvalue weighted by Crippen LogP contribution is -2.47. The lowest BCUT2D eigenvalue weighted by molar-refractivity contribution is 0.0479. The van der Waals surface area contributed by atoms with Crippen molar-refractivity contribution in [2.45, 2.75) is 45.2 Å². The van der Waals surface area contributed by atoms with E-state index in [0.717, 1.165) is 18.4 Å². The van der Waals surface area contributed by atoms with Gasteiger partial charge in [0, 0.05) is 17.6 Å². The number of carbonyl (C=O) groups excluding carboxylic acids is 1. The number of nitrogen functional groups attached to an aromatic ring is 1. The number of nitrogens with two attached hydrogens (primary N) is 1. The van der Waals surface area contributed by atoms with Crippen molar-refractivity contribution in [1.29, 1.82) is 0 Å². The van der Waals surface area contributed by atoms with Crippen LogP contribution in [0.5, 0.6) is 0 Å². The summed E-state index contributed by atoms with van der Waals surface area (Å²) < 4.78 is 5.79. The van der Waals surface area contributed by atoms with Crippen LogP contribution in [0.4, 0.5) is 5.69 Å². The number of halogens is 1. The molecule has 5 heteroatoms. The zero-order chi connectivity index (χ0) is 16.6. The molecule has 0 bridgehead atoms. The third-order valence-electron chi connectivity index (χ3n) is 4.53. The molecule has 1 aliphatic rings. The molecule has 3 rings (SSSR count). The highest BCUT2D eigenvalue weighted by molar-refractivity contribution is 6.33. The minimum atomic E-state index is -0.0436. The van der Waals surface area contributed by atoms with Gasteiger partial charge in [-0.1, -0.05) is 11.6 Å². The molecule has 0 unspecified atom stereocenters. The first-order chi connectivity index (χ1) is 11.0. The minimum Gasteiger partial charge on any atom is -0.451 e. The summed E-state index contributed by atoms with van der Waals surface area (Å²) in [4.78, 5) is 14.7. The molecule has 1 saturated heterocycles. The van der Waals surface area contributed by atoms with Crippen molar-refractivity contribution < 1.29 is 9.21 Å². The fraction of sp³-hybridized carbons (Fsp3) is 0.389. The number of amides is 1. The van der Waals surface area contributed by atoms with Crippen molar-refractivity contribution in [2.75, 3.05) is 5.73 Å². The number of nitrogens with zero attached hydrogens (tertiary/aromatic N) is 1. The molecule has 2 heterocycles. The SMILES string of the molecule is C[C@@H]1CCC[C@H](C)N1C(=O)c1ccc(-c2ccc(Cl)c(N)c2)o1. The summed E-state index contributed by atoms with van der Waals surface area (Å²) in [6, 6.07) is 9.33. The molecule has 0 radical (unpaired) electrons. The van der Waals surface area contributed by atoms with Gasteiger partial charge in [0.1, 0.15) is 5.76 Å². The molecule has 2 aromatic rings. The van der Waals surface area contributed by atoms with E-state index in [9.17, 15) is 4.79 Å². The van der Waals surface area contributed by atoms with Gasteiger partial charge in [-0.05, 0) is 63.4 Å². The Balaban J connectivity index is 1.86. The second-order valence-electron chi connectivity index (χ2n) is 6.24. The third-order valence-corrected chi connectivity index (χ3v) is 4.87. The van der Waals surface area contributed by atoms with Crippen LogP contribution in [0.1, 0.15) is 43.7 Å². The minimum absolute atomic E-state index is 0.0436. The molecule has 1 aliphatic heterocycles. The Kier molecular flexibility index (Phi) is 4.35. The molecule has 1 aromatic heterocycles. The zero-order valence-corrected chi connectivity index (χ0v) is 14.1. The Labute approximate surface area is 141 Å². The first kappa shape index (κ1) is 15.9. The second kappa shape index (κ2) is 6.28. The van der Waals surface area contributed by atoms with E-state index < -0.39 is 0 Å². The van der Waals surface area contributed by atoms with E-state index in [1.54, 1.807) is 24.3 Å². The molecule has 1 aromatic carbocycles. The van der Waals surface area contributed by atoms with Crippen LogP contribution in [-0.4, -0.2) is 22.9 Å². The molecule has 0 spiro atoms. The summed E-state index contributed by atoms with van der Waals surface area (Å²) in [5.41, 5.74) is 7.13. The van der Waals surface area contributed by atoms with Crippen LogP contribution in [0.3, 0.4) is 0 Å². The van der Waals surface area contributed by atoms with Crippen molar-refractivity contribution >= 4 is 23.2 Å². The van der Waals surface area contributed by atoms with Gasteiger partial charge in [0.15, 0.2) is 5.76 Å². The molecular weight excluding hydrogens is 312 g/mol. The van der Waals surface area contributed by atoms with Crippen molar-refractivity contribution in [3.8, 4) is 11.3 Å². The van der Waals surface area contributed by atoms with Crippen molar-refractivity contribution in [3.05, 3.63) is 41.1 Å². The van der Waals surface area contributed by atoms with Crippen molar-refractivity contribution in [1.82, 2.24) is 4.90 Å². The maximum atomic E-state index is 12.8. The van der Waals surface area contributed by atoms with E-state index in [4.69, 9.17) is 21.8 Å². The molecule has 0 aliphatic carbocycles. The van der Waals surface area contributed by atoms with Crippen LogP contribution < -0.4 is 5.73 Å². The van der Waals surface area contributed by atoms with Gasteiger partial charge in [0.25, 0.3) is 5.91 Å². The highest BCUT2D eigenvalue weighted by Gasteiger charge is 2.31. The number of benzene rings is 1. The van der Waals surface area contributed by atoms with Gasteiger partial charge in [0.05, 0.1) is 10.7 Å². The van der Waals surface area contributed by atoms with Gasteiger partial charge >= 0.3 is 0 Å². The number of likely N-dealkylation sites (tertiary alicyclic amines) is 1. The van der Waals surface area contributed by atoms with Crippen LogP contribution >= 0.6 is 11.6 Å². The molecule has 1 fully saturated rings. The maximum Gasteiger partial charge on any atom is 0.290 e. The summed E-state index contributed by atoms with van der Waals surface area (Å²) >= 11 is 5.94. The highest BCUT2D eigenvalue weighted by Crippen LogP contribution is 2.30. The number of hydrogen-bond acceptors (Lipinski definition) is 3. The fourth-order valence-corrected chi connectivity index (χ4v) is 3.37. The van der Waals surface area contributed by atoms with Gasteiger partial charge < -0.3 is 15.1 Å². The van der Waals surface area contributed by atoms with E-state index >= 15 is 0 Å². The lowest BCUT2D eigenvalue weighted by atomic mass is 9.97. The predicted molar refractivity (Wildman–Crippen MR) is 92.5 cm³/mol. The number of anilines is 1. The van der Waals surface area contributed by atoms with E-state index in [1.165, 1.54) is 6.42 Å². The Morgan fingerprint density at radius 3 is 2.57 bits per heavy atom. The van der Waals surface area contributed by atoms with Crippen LogP contribution in [0.15, 0.2) is 34.7 Å². The first-order valence-electron chi connectivity index (χ1n) is 7.95. The Morgan fingerprint density at radius 1 is 1.22 bits per heavy atom. The normalized spacial score (nSPS) is 21.4. The van der Waals surface area contributed by atoms with Crippen LogP contribution in [0.25, 0.3) is 11.3 Å². The molecule has 23 heavy (non-hydrogen) atoms. The summed E-state index contributed by atoms with van der Waals surface area (Å²) in [6.45, 7) is 4.19. The van der Waals surface area contributed by atoms with E-state index in [0.29, 0.717) is 22.2 Å². The van der Waals surface area contributed by atoms with Gasteiger partial charge in [-0.3, -0.25) is 4.79 Å². The van der Waals surface area contributed by atoms with Crippen LogP contribution in [0.2, 0.25) is 5.02 Å². The smallest absolute Gasteiger partial charge is 0.290 e. The topological polar surface area (TPSA) is 59.5 Å². The number of furan rings is 1. The van der Waals surface area contributed by atoms with E-state index in [1.807, 2.05) is 11.0 Å². The quantitative estimate of drug-likeness (QED) is 0.818. The molecule has 1 amide bonds. The number of hydrogen-bond donors (Lipinski definition) is 1. The molecule has 4 nitrogen and oxygen atoms in total. The summed E-state index contributed by atoms with van der Waals surface area (Å²) in [5.74, 6) is 0.945. The average molecular weight is 333 g/mol. The zero-order valence-electron chi connectivity index (χ0n) is 13.4.